The summed E-state index contributed by atoms with van der Waals surface area (Å²) in [4.78, 5) is 0. The Kier molecular flexibility index (Phi) is 6.09. The van der Waals surface area contributed by atoms with Crippen LogP contribution in [0.4, 0.5) is 4.39 Å². The van der Waals surface area contributed by atoms with Crippen LogP contribution in [-0.2, 0) is 6.54 Å². The predicted molar refractivity (Wildman–Crippen MR) is 77.8 cm³/mol. The van der Waals surface area contributed by atoms with E-state index in [1.165, 1.54) is 6.07 Å². The molecule has 0 saturated heterocycles. The molecule has 1 unspecified atom stereocenters. The molecule has 1 rings (SSSR count). The fraction of sp³-hybridized carbons (Fsp3) is 0.417. The van der Waals surface area contributed by atoms with E-state index in [0.717, 1.165) is 0 Å². The molecule has 4 nitrogen and oxygen atoms in total. The highest BCUT2D eigenvalue weighted by Gasteiger charge is 2.27. The molecule has 1 aromatic rings. The number of likely N-dealkylation sites (N-methyl/N-ethyl adjacent to an activating group) is 1. The van der Waals surface area contributed by atoms with E-state index in [1.807, 2.05) is 6.92 Å². The second-order valence-electron chi connectivity index (χ2n) is 4.17. The van der Waals surface area contributed by atoms with Crippen LogP contribution in [0.25, 0.3) is 0 Å². The number of hydrogen-bond donors (Lipinski definition) is 3. The third-order valence-electron chi connectivity index (χ3n) is 2.93. The van der Waals surface area contributed by atoms with Gasteiger partial charge in [-0.3, -0.25) is 0 Å². The smallest absolute Gasteiger partial charge is 0.289 e. The van der Waals surface area contributed by atoms with Crippen LogP contribution < -0.4 is 11.2 Å². The van der Waals surface area contributed by atoms with E-state index in [2.05, 4.69) is 5.32 Å². The number of nitrogens with two attached hydrogens (primary N) is 1. The van der Waals surface area contributed by atoms with E-state index in [0.29, 0.717) is 23.8 Å². The predicted octanol–water partition coefficient (Wildman–Crippen LogP) is 1.56. The van der Waals surface area contributed by atoms with Gasteiger partial charge in [0.1, 0.15) is 18.9 Å². The Morgan fingerprint density at radius 1 is 1.58 bits per heavy atom. The number of aliphatic hydroxyl groups is 1. The van der Waals surface area contributed by atoms with Crippen LogP contribution >= 0.6 is 23.8 Å². The first kappa shape index (κ1) is 16.3. The van der Waals surface area contributed by atoms with E-state index in [4.69, 9.17) is 34.8 Å². The molecule has 0 spiro atoms. The van der Waals surface area contributed by atoms with Gasteiger partial charge in [0.25, 0.3) is 5.11 Å². The van der Waals surface area contributed by atoms with E-state index < -0.39 is 5.82 Å². The quantitative estimate of drug-likeness (QED) is 0.334. The van der Waals surface area contributed by atoms with Crippen molar-refractivity contribution in [3.63, 3.8) is 0 Å². The largest absolute Gasteiger partial charge is 0.390 e. The molecule has 0 aliphatic heterocycles. The van der Waals surface area contributed by atoms with Crippen LogP contribution in [0.1, 0.15) is 12.5 Å². The zero-order valence-electron chi connectivity index (χ0n) is 10.7. The fourth-order valence-electron chi connectivity index (χ4n) is 1.59. The first-order valence-corrected chi connectivity index (χ1v) is 6.71. The van der Waals surface area contributed by atoms with Crippen molar-refractivity contribution in [1.29, 1.82) is 0 Å². The molecule has 0 fully saturated rings. The van der Waals surface area contributed by atoms with Crippen molar-refractivity contribution >= 4 is 28.9 Å². The molecule has 0 aliphatic carbocycles. The lowest BCUT2D eigenvalue weighted by molar-refractivity contribution is -0.852. The molecule has 0 radical (unpaired) electrons. The van der Waals surface area contributed by atoms with Crippen LogP contribution in [0, 0.1) is 5.82 Å². The van der Waals surface area contributed by atoms with E-state index in [1.54, 1.807) is 12.1 Å². The maximum absolute atomic E-state index is 13.7. The van der Waals surface area contributed by atoms with Gasteiger partial charge in [0, 0.05) is 24.3 Å². The number of aliphatic hydroxyl groups excluding tert-OH is 1. The van der Waals surface area contributed by atoms with Gasteiger partial charge in [-0.1, -0.05) is 23.7 Å². The highest BCUT2D eigenvalue weighted by molar-refractivity contribution is 7.79. The summed E-state index contributed by atoms with van der Waals surface area (Å²) in [5.74, 6) is 5.57. The van der Waals surface area contributed by atoms with Crippen molar-refractivity contribution in [3.8, 4) is 0 Å². The van der Waals surface area contributed by atoms with Gasteiger partial charge in [-0.25, -0.2) is 4.39 Å². The standard InChI is InChI=1S/C12H17ClFN3OS/c1-2-17(15,6-7-18)12(19)16-8-9-4-3-5-10(13)11(9)14/h3-5,18H,2,6-8,15H2,1H3/p+1. The van der Waals surface area contributed by atoms with Crippen molar-refractivity contribution in [2.24, 2.45) is 5.84 Å². The number of nitrogens with zero attached hydrogens (tertiary/aromatic N) is 1. The lowest BCUT2D eigenvalue weighted by Crippen LogP contribution is -2.63. The van der Waals surface area contributed by atoms with Gasteiger partial charge in [0.15, 0.2) is 0 Å². The van der Waals surface area contributed by atoms with Gasteiger partial charge in [0.05, 0.1) is 11.6 Å². The Hall–Kier alpha value is -0.790. The van der Waals surface area contributed by atoms with Gasteiger partial charge in [-0.15, -0.1) is 0 Å². The summed E-state index contributed by atoms with van der Waals surface area (Å²) in [5.41, 5.74) is 0.418. The number of rotatable bonds is 5. The molecule has 4 N–H and O–H groups in total. The van der Waals surface area contributed by atoms with E-state index >= 15 is 0 Å². The van der Waals surface area contributed by atoms with Gasteiger partial charge in [-0.05, 0) is 13.0 Å². The second kappa shape index (κ2) is 7.12. The van der Waals surface area contributed by atoms with Crippen LogP contribution in [0.15, 0.2) is 18.2 Å². The summed E-state index contributed by atoms with van der Waals surface area (Å²) in [6, 6.07) is 4.78. The lowest BCUT2D eigenvalue weighted by atomic mass is 10.2. The maximum Gasteiger partial charge on any atom is 0.289 e. The number of hydrogen-bond acceptors (Lipinski definition) is 3. The average molecular weight is 307 g/mol. The van der Waals surface area contributed by atoms with Gasteiger partial charge < -0.3 is 10.4 Å². The Morgan fingerprint density at radius 2 is 2.26 bits per heavy atom. The van der Waals surface area contributed by atoms with Gasteiger partial charge in [-0.2, -0.15) is 10.4 Å². The molecule has 1 aromatic carbocycles. The summed E-state index contributed by atoms with van der Waals surface area (Å²) in [7, 11) is 0. The average Bonchev–Trinajstić information content (AvgIpc) is 2.40. The first-order valence-electron chi connectivity index (χ1n) is 5.92. The summed E-state index contributed by atoms with van der Waals surface area (Å²) in [5, 5.41) is 12.3. The molecule has 0 aliphatic rings. The Labute approximate surface area is 122 Å². The maximum atomic E-state index is 13.7. The number of quaternary nitrogens is 1. The first-order chi connectivity index (χ1) is 8.94. The van der Waals surface area contributed by atoms with Gasteiger partial charge in [0.2, 0.25) is 0 Å². The van der Waals surface area contributed by atoms with Crippen LogP contribution in [0.5, 0.6) is 0 Å². The van der Waals surface area contributed by atoms with Crippen molar-refractivity contribution in [2.75, 3.05) is 19.7 Å². The van der Waals surface area contributed by atoms with Crippen molar-refractivity contribution in [1.82, 2.24) is 5.32 Å². The number of nitrogens with one attached hydrogen (secondary N) is 1. The molecule has 1 atom stereocenters. The van der Waals surface area contributed by atoms with Crippen molar-refractivity contribution < 1.29 is 14.1 Å². The Bertz CT molecular complexity index is 461. The SMILES string of the molecule is CC[N+](N)(CCO)C(=S)NCc1cccc(Cl)c1F. The third-order valence-corrected chi connectivity index (χ3v) is 3.73. The minimum Gasteiger partial charge on any atom is -0.390 e. The molecule has 0 bridgehead atoms. The summed E-state index contributed by atoms with van der Waals surface area (Å²) in [6.07, 6.45) is 0. The number of benzene rings is 1. The molecule has 0 heterocycles. The Morgan fingerprint density at radius 3 is 2.84 bits per heavy atom. The summed E-state index contributed by atoms with van der Waals surface area (Å²) < 4.78 is 13.6. The zero-order chi connectivity index (χ0) is 14.5. The second-order valence-corrected chi connectivity index (χ2v) is 4.96. The van der Waals surface area contributed by atoms with Crippen molar-refractivity contribution in [2.45, 2.75) is 13.5 Å². The number of thiocarbonyl (C=S) groups is 1. The Balaban J connectivity index is 2.71. The minimum atomic E-state index is -0.465. The molecule has 106 valence electrons. The van der Waals surface area contributed by atoms with Crippen LogP contribution in [-0.4, -0.2) is 34.5 Å². The monoisotopic (exact) mass is 306 g/mol. The lowest BCUT2D eigenvalue weighted by Gasteiger charge is -2.30. The third kappa shape index (κ3) is 4.09. The molecule has 0 aromatic heterocycles. The van der Waals surface area contributed by atoms with E-state index in [-0.39, 0.29) is 22.8 Å². The zero-order valence-corrected chi connectivity index (χ0v) is 12.3. The van der Waals surface area contributed by atoms with Gasteiger partial charge >= 0.3 is 0 Å². The fourth-order valence-corrected chi connectivity index (χ4v) is 2.08. The molecule has 0 saturated carbocycles. The highest BCUT2D eigenvalue weighted by Crippen LogP contribution is 2.17. The summed E-state index contributed by atoms with van der Waals surface area (Å²) in [6.45, 7) is 2.83. The van der Waals surface area contributed by atoms with E-state index in [9.17, 15) is 4.39 Å². The van der Waals surface area contributed by atoms with Crippen LogP contribution in [0.2, 0.25) is 5.02 Å². The highest BCUT2D eigenvalue weighted by atomic mass is 35.5. The molecule has 0 amide bonds. The van der Waals surface area contributed by atoms with Crippen LogP contribution in [0.3, 0.4) is 0 Å². The summed E-state index contributed by atoms with van der Waals surface area (Å²) >= 11 is 10.9. The minimum absolute atomic E-state index is 0.0717. The normalized spacial score (nSPS) is 13.9. The molecule has 19 heavy (non-hydrogen) atoms. The topological polar surface area (TPSA) is 58.3 Å². The molecular weight excluding hydrogens is 289 g/mol. The number of halogens is 2. The van der Waals surface area contributed by atoms with Crippen molar-refractivity contribution in [3.05, 3.63) is 34.6 Å². The molecule has 7 heteroatoms. The molecular formula is C12H18ClFN3OS+.